The number of rotatable bonds is 3. The molecule has 2 aromatic heterocycles. The molecule has 2 nitrogen and oxygen atoms in total. The number of furan rings is 1. The highest BCUT2D eigenvalue weighted by Gasteiger charge is 2.17. The number of hydrogen-bond donors (Lipinski definition) is 1. The van der Waals surface area contributed by atoms with Gasteiger partial charge in [-0.2, -0.15) is 0 Å². The van der Waals surface area contributed by atoms with Crippen molar-refractivity contribution in [2.75, 3.05) is 0 Å². The summed E-state index contributed by atoms with van der Waals surface area (Å²) in [7, 11) is 0. The van der Waals surface area contributed by atoms with Crippen LogP contribution in [-0.2, 0) is 6.42 Å². The maximum absolute atomic E-state index is 10.4. The Morgan fingerprint density at radius 1 is 1.22 bits per heavy atom. The quantitative estimate of drug-likeness (QED) is 0.766. The van der Waals surface area contributed by atoms with Crippen molar-refractivity contribution in [1.29, 1.82) is 0 Å². The molecule has 0 aliphatic carbocycles. The number of thiophene rings is 1. The highest BCUT2D eigenvalue weighted by atomic mass is 32.1. The third kappa shape index (κ3) is 1.85. The van der Waals surface area contributed by atoms with E-state index in [0.717, 1.165) is 22.4 Å². The second-order valence-corrected chi connectivity index (χ2v) is 5.16. The van der Waals surface area contributed by atoms with Crippen molar-refractivity contribution in [2.45, 2.75) is 19.4 Å². The van der Waals surface area contributed by atoms with Gasteiger partial charge in [0.05, 0.1) is 0 Å². The Kier molecular flexibility index (Phi) is 2.94. The molecule has 2 heterocycles. The molecule has 18 heavy (non-hydrogen) atoms. The first-order valence-electron chi connectivity index (χ1n) is 6.02. The molecule has 0 saturated heterocycles. The summed E-state index contributed by atoms with van der Waals surface area (Å²) in [5.41, 5.74) is 0.916. The molecule has 0 saturated carbocycles. The van der Waals surface area contributed by atoms with Gasteiger partial charge in [-0.05, 0) is 29.0 Å². The highest BCUT2D eigenvalue weighted by molar-refractivity contribution is 7.17. The van der Waals surface area contributed by atoms with Crippen molar-refractivity contribution >= 4 is 21.4 Å². The van der Waals surface area contributed by atoms with Crippen LogP contribution < -0.4 is 0 Å². The number of fused-ring (bicyclic) bond motifs is 1. The minimum atomic E-state index is -0.687. The van der Waals surface area contributed by atoms with Crippen LogP contribution in [0.5, 0.6) is 0 Å². The Morgan fingerprint density at radius 3 is 2.89 bits per heavy atom. The van der Waals surface area contributed by atoms with E-state index in [9.17, 15) is 5.11 Å². The van der Waals surface area contributed by atoms with Crippen molar-refractivity contribution in [1.82, 2.24) is 0 Å². The molecule has 0 fully saturated rings. The molecule has 1 unspecified atom stereocenters. The van der Waals surface area contributed by atoms with Gasteiger partial charge < -0.3 is 9.52 Å². The highest BCUT2D eigenvalue weighted by Crippen LogP contribution is 2.32. The minimum absolute atomic E-state index is 0.618. The molecule has 0 amide bonds. The zero-order valence-electron chi connectivity index (χ0n) is 10.1. The Hall–Kier alpha value is -1.58. The maximum atomic E-state index is 10.4. The lowest BCUT2D eigenvalue weighted by Crippen LogP contribution is -1.97. The van der Waals surface area contributed by atoms with Gasteiger partial charge >= 0.3 is 0 Å². The van der Waals surface area contributed by atoms with Gasteiger partial charge in [-0.15, -0.1) is 11.3 Å². The zero-order valence-corrected chi connectivity index (χ0v) is 10.9. The first kappa shape index (κ1) is 11.5. The third-order valence-electron chi connectivity index (χ3n) is 3.10. The van der Waals surface area contributed by atoms with Crippen LogP contribution in [0.1, 0.15) is 30.1 Å². The van der Waals surface area contributed by atoms with E-state index in [1.54, 1.807) is 11.3 Å². The molecule has 0 bridgehead atoms. The fraction of sp³-hybridized carbons (Fsp3) is 0.200. The van der Waals surface area contributed by atoms with E-state index in [1.807, 2.05) is 36.6 Å². The molecule has 1 N–H and O–H groups in total. The first-order valence-corrected chi connectivity index (χ1v) is 6.90. The van der Waals surface area contributed by atoms with Gasteiger partial charge in [0.25, 0.3) is 0 Å². The van der Waals surface area contributed by atoms with E-state index in [0.29, 0.717) is 5.76 Å². The zero-order chi connectivity index (χ0) is 12.5. The fourth-order valence-corrected chi connectivity index (χ4v) is 3.05. The van der Waals surface area contributed by atoms with Crippen molar-refractivity contribution in [3.8, 4) is 0 Å². The van der Waals surface area contributed by atoms with Crippen LogP contribution >= 0.6 is 11.3 Å². The van der Waals surface area contributed by atoms with Crippen molar-refractivity contribution in [3.63, 3.8) is 0 Å². The number of aliphatic hydroxyl groups excluding tert-OH is 1. The molecule has 0 radical (unpaired) electrons. The Morgan fingerprint density at radius 2 is 2.11 bits per heavy atom. The fourth-order valence-electron chi connectivity index (χ4n) is 2.12. The Bertz CT molecular complexity index is 666. The Labute approximate surface area is 109 Å². The predicted molar refractivity (Wildman–Crippen MR) is 74.0 cm³/mol. The Balaban J connectivity index is 2.05. The normalized spacial score (nSPS) is 13.0. The monoisotopic (exact) mass is 258 g/mol. The van der Waals surface area contributed by atoms with Gasteiger partial charge in [0, 0.05) is 16.7 Å². The van der Waals surface area contributed by atoms with E-state index in [1.165, 1.54) is 5.39 Å². The number of aliphatic hydroxyl groups is 1. The molecule has 0 aliphatic heterocycles. The molecule has 0 aliphatic rings. The van der Waals surface area contributed by atoms with E-state index in [2.05, 4.69) is 12.1 Å². The standard InChI is InChI=1S/C15H14O2S/c1-2-11-6-7-13(17-11)14(16)12-5-3-4-10-8-9-18-15(10)12/h3-9,14,16H,2H2,1H3. The second kappa shape index (κ2) is 4.59. The molecule has 1 atom stereocenters. The van der Waals surface area contributed by atoms with Crippen LogP contribution in [0.25, 0.3) is 10.1 Å². The number of aryl methyl sites for hydroxylation is 1. The molecule has 0 spiro atoms. The lowest BCUT2D eigenvalue weighted by molar-refractivity contribution is 0.188. The van der Waals surface area contributed by atoms with E-state index in [-0.39, 0.29) is 0 Å². The van der Waals surface area contributed by atoms with Crippen LogP contribution in [0.3, 0.4) is 0 Å². The largest absolute Gasteiger partial charge is 0.463 e. The topological polar surface area (TPSA) is 33.4 Å². The molecular weight excluding hydrogens is 244 g/mol. The van der Waals surface area contributed by atoms with Gasteiger partial charge in [0.15, 0.2) is 0 Å². The summed E-state index contributed by atoms with van der Waals surface area (Å²) in [6.45, 7) is 2.04. The first-order chi connectivity index (χ1) is 8.79. The molecular formula is C15H14O2S. The van der Waals surface area contributed by atoms with Crippen LogP contribution in [-0.4, -0.2) is 5.11 Å². The number of hydrogen-bond acceptors (Lipinski definition) is 3. The summed E-state index contributed by atoms with van der Waals surface area (Å²) in [5.74, 6) is 1.52. The van der Waals surface area contributed by atoms with Gasteiger partial charge in [-0.1, -0.05) is 25.1 Å². The van der Waals surface area contributed by atoms with Crippen molar-refractivity contribution in [2.24, 2.45) is 0 Å². The third-order valence-corrected chi connectivity index (χ3v) is 4.08. The SMILES string of the molecule is CCc1ccc(C(O)c2cccc3ccsc23)o1. The summed E-state index contributed by atoms with van der Waals surface area (Å²) >= 11 is 1.65. The predicted octanol–water partition coefficient (Wildman–Crippen LogP) is 4.14. The average molecular weight is 258 g/mol. The summed E-state index contributed by atoms with van der Waals surface area (Å²) in [4.78, 5) is 0. The summed E-state index contributed by atoms with van der Waals surface area (Å²) < 4.78 is 6.75. The van der Waals surface area contributed by atoms with Gasteiger partial charge in [-0.3, -0.25) is 0 Å². The maximum Gasteiger partial charge on any atom is 0.138 e. The van der Waals surface area contributed by atoms with Gasteiger partial charge in [-0.25, -0.2) is 0 Å². The lowest BCUT2D eigenvalue weighted by atomic mass is 10.1. The van der Waals surface area contributed by atoms with Crippen molar-refractivity contribution < 1.29 is 9.52 Å². The smallest absolute Gasteiger partial charge is 0.138 e. The van der Waals surface area contributed by atoms with E-state index in [4.69, 9.17) is 4.42 Å². The molecule has 92 valence electrons. The summed E-state index contributed by atoms with van der Waals surface area (Å²) in [5, 5.41) is 13.6. The van der Waals surface area contributed by atoms with Crippen LogP contribution in [0.15, 0.2) is 46.2 Å². The van der Waals surface area contributed by atoms with Crippen LogP contribution in [0.4, 0.5) is 0 Å². The van der Waals surface area contributed by atoms with Crippen LogP contribution in [0.2, 0.25) is 0 Å². The second-order valence-electron chi connectivity index (χ2n) is 4.25. The lowest BCUT2D eigenvalue weighted by Gasteiger charge is -2.09. The average Bonchev–Trinajstić information content (AvgIpc) is 3.05. The molecule has 3 aromatic rings. The van der Waals surface area contributed by atoms with Crippen molar-refractivity contribution in [3.05, 3.63) is 58.9 Å². The molecule has 3 heteroatoms. The molecule has 1 aromatic carbocycles. The number of benzene rings is 1. The van der Waals surface area contributed by atoms with Gasteiger partial charge in [0.2, 0.25) is 0 Å². The summed E-state index contributed by atoms with van der Waals surface area (Å²) in [6, 6.07) is 11.8. The molecule has 3 rings (SSSR count). The van der Waals surface area contributed by atoms with E-state index < -0.39 is 6.10 Å². The minimum Gasteiger partial charge on any atom is -0.463 e. The van der Waals surface area contributed by atoms with Gasteiger partial charge in [0.1, 0.15) is 17.6 Å². The summed E-state index contributed by atoms with van der Waals surface area (Å²) in [6.07, 6.45) is 0.156. The van der Waals surface area contributed by atoms with Crippen LogP contribution in [0, 0.1) is 0 Å². The van der Waals surface area contributed by atoms with E-state index >= 15 is 0 Å².